The van der Waals surface area contributed by atoms with E-state index < -0.39 is 0 Å². The van der Waals surface area contributed by atoms with Gasteiger partial charge in [0.25, 0.3) is 0 Å². The molecular weight excluding hydrogens is 292 g/mol. The van der Waals surface area contributed by atoms with Crippen LogP contribution in [0.5, 0.6) is 5.75 Å². The van der Waals surface area contributed by atoms with Crippen molar-refractivity contribution in [2.45, 2.75) is 18.9 Å². The van der Waals surface area contributed by atoms with Crippen LogP contribution in [-0.4, -0.2) is 45.7 Å². The average molecular weight is 315 g/mol. The minimum atomic E-state index is 0.468. The Morgan fingerprint density at radius 1 is 1.39 bits per heavy atom. The van der Waals surface area contributed by atoms with Crippen molar-refractivity contribution in [3.63, 3.8) is 0 Å². The zero-order valence-electron chi connectivity index (χ0n) is 11.7. The van der Waals surface area contributed by atoms with Crippen LogP contribution in [0.3, 0.4) is 0 Å². The van der Waals surface area contributed by atoms with E-state index in [4.69, 9.17) is 4.74 Å². The standard InChI is InChI=1S/C14H23BrN2O/c1-16-13(7-8-17(2)3)10-11-9-12(15)5-6-14(11)18-4/h5-6,9,13,16H,7-8,10H2,1-4H3. The Kier molecular flexibility index (Phi) is 6.68. The van der Waals surface area contributed by atoms with E-state index in [0.29, 0.717) is 6.04 Å². The number of methoxy groups -OCH3 is 1. The first-order valence-corrected chi connectivity index (χ1v) is 7.00. The number of rotatable bonds is 7. The van der Waals surface area contributed by atoms with Crippen LogP contribution in [0.4, 0.5) is 0 Å². The van der Waals surface area contributed by atoms with Crippen molar-refractivity contribution in [2.24, 2.45) is 0 Å². The van der Waals surface area contributed by atoms with E-state index in [9.17, 15) is 0 Å². The van der Waals surface area contributed by atoms with E-state index in [0.717, 1.165) is 29.6 Å². The smallest absolute Gasteiger partial charge is 0.122 e. The van der Waals surface area contributed by atoms with Gasteiger partial charge in [0.15, 0.2) is 0 Å². The second kappa shape index (κ2) is 7.77. The lowest BCUT2D eigenvalue weighted by Crippen LogP contribution is -2.31. The quantitative estimate of drug-likeness (QED) is 0.837. The zero-order chi connectivity index (χ0) is 13.5. The van der Waals surface area contributed by atoms with Crippen molar-refractivity contribution in [1.82, 2.24) is 10.2 Å². The molecule has 0 aromatic heterocycles. The average Bonchev–Trinajstić information content (AvgIpc) is 2.34. The van der Waals surface area contributed by atoms with Gasteiger partial charge in [-0.1, -0.05) is 15.9 Å². The second-order valence-electron chi connectivity index (χ2n) is 4.74. The molecule has 0 heterocycles. The summed E-state index contributed by atoms with van der Waals surface area (Å²) in [6, 6.07) is 6.63. The van der Waals surface area contributed by atoms with Crippen LogP contribution in [0.2, 0.25) is 0 Å². The van der Waals surface area contributed by atoms with Gasteiger partial charge >= 0.3 is 0 Å². The molecule has 0 spiro atoms. The molecule has 1 atom stereocenters. The monoisotopic (exact) mass is 314 g/mol. The molecule has 1 N–H and O–H groups in total. The predicted molar refractivity (Wildman–Crippen MR) is 80.4 cm³/mol. The van der Waals surface area contributed by atoms with Crippen LogP contribution in [-0.2, 0) is 6.42 Å². The van der Waals surface area contributed by atoms with E-state index in [1.807, 2.05) is 19.2 Å². The van der Waals surface area contributed by atoms with Crippen LogP contribution in [0.1, 0.15) is 12.0 Å². The SMILES string of the molecule is CNC(CCN(C)C)Cc1cc(Br)ccc1OC. The highest BCUT2D eigenvalue weighted by atomic mass is 79.9. The lowest BCUT2D eigenvalue weighted by Gasteiger charge is -2.20. The molecule has 0 saturated carbocycles. The third-order valence-corrected chi connectivity index (χ3v) is 3.54. The van der Waals surface area contributed by atoms with Crippen LogP contribution in [0.15, 0.2) is 22.7 Å². The van der Waals surface area contributed by atoms with Crippen molar-refractivity contribution in [3.8, 4) is 5.75 Å². The van der Waals surface area contributed by atoms with Gasteiger partial charge in [0.05, 0.1) is 7.11 Å². The predicted octanol–water partition coefficient (Wildman–Crippen LogP) is 2.54. The molecule has 0 amide bonds. The number of hydrogen-bond donors (Lipinski definition) is 1. The van der Waals surface area contributed by atoms with Gasteiger partial charge in [0.1, 0.15) is 5.75 Å². The van der Waals surface area contributed by atoms with Gasteiger partial charge in [-0.15, -0.1) is 0 Å². The summed E-state index contributed by atoms with van der Waals surface area (Å²) < 4.78 is 6.51. The summed E-state index contributed by atoms with van der Waals surface area (Å²) >= 11 is 3.52. The Balaban J connectivity index is 2.71. The van der Waals surface area contributed by atoms with Crippen LogP contribution >= 0.6 is 15.9 Å². The van der Waals surface area contributed by atoms with Crippen molar-refractivity contribution < 1.29 is 4.74 Å². The van der Waals surface area contributed by atoms with Gasteiger partial charge in [0.2, 0.25) is 0 Å². The largest absolute Gasteiger partial charge is 0.496 e. The summed E-state index contributed by atoms with van der Waals surface area (Å²) in [5.74, 6) is 0.961. The zero-order valence-corrected chi connectivity index (χ0v) is 13.3. The summed E-state index contributed by atoms with van der Waals surface area (Å²) in [6.07, 6.45) is 2.10. The maximum atomic E-state index is 5.41. The van der Waals surface area contributed by atoms with Crippen molar-refractivity contribution in [3.05, 3.63) is 28.2 Å². The van der Waals surface area contributed by atoms with E-state index in [1.54, 1.807) is 7.11 Å². The maximum Gasteiger partial charge on any atom is 0.122 e. The van der Waals surface area contributed by atoms with E-state index in [2.05, 4.69) is 46.3 Å². The Morgan fingerprint density at radius 3 is 2.67 bits per heavy atom. The Bertz CT molecular complexity index is 369. The molecule has 0 aliphatic carbocycles. The molecule has 0 radical (unpaired) electrons. The molecule has 0 saturated heterocycles. The topological polar surface area (TPSA) is 24.5 Å². The minimum Gasteiger partial charge on any atom is -0.496 e. The van der Waals surface area contributed by atoms with Gasteiger partial charge in [-0.05, 0) is 64.3 Å². The fourth-order valence-corrected chi connectivity index (χ4v) is 2.34. The van der Waals surface area contributed by atoms with Crippen molar-refractivity contribution in [1.29, 1.82) is 0 Å². The molecule has 102 valence electrons. The molecule has 18 heavy (non-hydrogen) atoms. The summed E-state index contributed by atoms with van der Waals surface area (Å²) in [5.41, 5.74) is 1.24. The molecule has 1 aromatic carbocycles. The molecule has 0 aliphatic rings. The van der Waals surface area contributed by atoms with Crippen LogP contribution in [0.25, 0.3) is 0 Å². The number of hydrogen-bond acceptors (Lipinski definition) is 3. The van der Waals surface area contributed by atoms with Crippen LogP contribution in [0, 0.1) is 0 Å². The summed E-state index contributed by atoms with van der Waals surface area (Å²) in [5, 5.41) is 3.38. The van der Waals surface area contributed by atoms with Gasteiger partial charge in [-0.2, -0.15) is 0 Å². The third kappa shape index (κ3) is 4.96. The first-order valence-electron chi connectivity index (χ1n) is 6.21. The Labute approximate surface area is 119 Å². The van der Waals surface area contributed by atoms with Crippen molar-refractivity contribution >= 4 is 15.9 Å². The Hall–Kier alpha value is -0.580. The maximum absolute atomic E-state index is 5.41. The summed E-state index contributed by atoms with van der Waals surface area (Å²) in [6.45, 7) is 1.09. The van der Waals surface area contributed by atoms with E-state index >= 15 is 0 Å². The first kappa shape index (κ1) is 15.5. The lowest BCUT2D eigenvalue weighted by molar-refractivity contribution is 0.360. The molecular formula is C14H23BrN2O. The van der Waals surface area contributed by atoms with Crippen molar-refractivity contribution in [2.75, 3.05) is 34.8 Å². The molecule has 4 heteroatoms. The molecule has 0 fully saturated rings. The fourth-order valence-electron chi connectivity index (χ4n) is 1.93. The third-order valence-electron chi connectivity index (χ3n) is 3.04. The number of nitrogens with zero attached hydrogens (tertiary/aromatic N) is 1. The summed E-state index contributed by atoms with van der Waals surface area (Å²) in [7, 11) is 7.95. The van der Waals surface area contributed by atoms with E-state index in [1.165, 1.54) is 5.56 Å². The molecule has 0 aliphatic heterocycles. The molecule has 1 unspecified atom stereocenters. The minimum absolute atomic E-state index is 0.468. The first-order chi connectivity index (χ1) is 8.56. The number of benzene rings is 1. The molecule has 1 aromatic rings. The Morgan fingerprint density at radius 2 is 2.11 bits per heavy atom. The fraction of sp³-hybridized carbons (Fsp3) is 0.571. The summed E-state index contributed by atoms with van der Waals surface area (Å²) in [4.78, 5) is 2.21. The molecule has 0 bridgehead atoms. The van der Waals surface area contributed by atoms with Crippen LogP contribution < -0.4 is 10.1 Å². The van der Waals surface area contributed by atoms with Gasteiger partial charge in [-0.25, -0.2) is 0 Å². The second-order valence-corrected chi connectivity index (χ2v) is 5.65. The normalized spacial score (nSPS) is 12.8. The van der Waals surface area contributed by atoms with E-state index in [-0.39, 0.29) is 0 Å². The molecule has 1 rings (SSSR count). The van der Waals surface area contributed by atoms with Gasteiger partial charge in [0, 0.05) is 10.5 Å². The molecule has 3 nitrogen and oxygen atoms in total. The highest BCUT2D eigenvalue weighted by Gasteiger charge is 2.11. The number of ether oxygens (including phenoxy) is 1. The van der Waals surface area contributed by atoms with Gasteiger partial charge in [-0.3, -0.25) is 0 Å². The van der Waals surface area contributed by atoms with Gasteiger partial charge < -0.3 is 15.0 Å². The number of nitrogens with one attached hydrogen (secondary N) is 1. The highest BCUT2D eigenvalue weighted by Crippen LogP contribution is 2.24. The number of likely N-dealkylation sites (N-methyl/N-ethyl adjacent to an activating group) is 1. The lowest BCUT2D eigenvalue weighted by atomic mass is 10.0. The highest BCUT2D eigenvalue weighted by molar-refractivity contribution is 9.10. The number of halogens is 1.